The Morgan fingerprint density at radius 2 is 0.551 bits per heavy atom. The molecule has 0 nitrogen and oxygen atoms in total. The Bertz CT molecular complexity index is 3230. The van der Waals surface area contributed by atoms with Gasteiger partial charge in [-0.1, -0.05) is 194 Å². The summed E-state index contributed by atoms with van der Waals surface area (Å²) < 4.78 is 12.5. The summed E-state index contributed by atoms with van der Waals surface area (Å²) in [4.78, 5) is 4.30. The molecule has 0 bridgehead atoms. The monoisotopic (exact) mass is 2180 g/mol. The Morgan fingerprint density at radius 3 is 0.694 bits per heavy atom. The fraction of sp³-hybridized carbons (Fsp3) is 0.259. The van der Waals surface area contributed by atoms with Crippen LogP contribution >= 0.6 is 185 Å². The number of unbranched alkanes of at least 4 members (excludes halogenated alkanes) is 3. The number of thiophene rings is 3. The summed E-state index contributed by atoms with van der Waals surface area (Å²) >= 11 is 30.0. The molecule has 0 saturated carbocycles. The van der Waals surface area contributed by atoms with Crippen LogP contribution in [0.2, 0.25) is 13.3 Å². The van der Waals surface area contributed by atoms with Crippen molar-refractivity contribution < 1.29 is 28.7 Å². The third-order valence-corrected chi connectivity index (χ3v) is 49.9. The predicted octanol–water partition coefficient (Wildman–Crippen LogP) is 29.2. The molecule has 11 aromatic rings. The maximum absolute atomic E-state index is 4.81. The van der Waals surface area contributed by atoms with Crippen molar-refractivity contribution in [3.05, 3.63) is 304 Å². The summed E-state index contributed by atoms with van der Waals surface area (Å²) in [6.07, 6.45) is 8.55. The van der Waals surface area contributed by atoms with Gasteiger partial charge in [-0.15, -0.1) is 22.7 Å². The van der Waals surface area contributed by atoms with E-state index in [-0.39, 0.29) is 15.9 Å². The minimum absolute atomic E-state index is 0.106. The fourth-order valence-electron chi connectivity index (χ4n) is 10.4. The molecule has 11 rings (SSSR count). The van der Waals surface area contributed by atoms with Crippen LogP contribution in [0.5, 0.6) is 0 Å². The van der Waals surface area contributed by atoms with Gasteiger partial charge in [0.15, 0.2) is 0 Å². The molecule has 98 heavy (non-hydrogen) atoms. The first-order chi connectivity index (χ1) is 47.2. The van der Waals surface area contributed by atoms with Crippen molar-refractivity contribution in [1.82, 2.24) is 0 Å². The maximum Gasteiger partial charge on any atom is -0.0134 e. The molecule has 0 fully saturated rings. The minimum atomic E-state index is -2.06. The normalized spacial score (nSPS) is 10.4. The van der Waals surface area contributed by atoms with E-state index in [9.17, 15) is 0 Å². The number of hydrogen-bond donors (Lipinski definition) is 0. The van der Waals surface area contributed by atoms with E-state index in [4.69, 9.17) is 19.1 Å². The van der Waals surface area contributed by atoms with Gasteiger partial charge in [-0.25, -0.2) is 0 Å². The molecule has 0 spiro atoms. The first-order valence-electron chi connectivity index (χ1n) is 32.3. The van der Waals surface area contributed by atoms with Crippen LogP contribution in [0.1, 0.15) is 107 Å². The zero-order valence-electron chi connectivity index (χ0n) is 57.9. The largest absolute Gasteiger partial charge is 0.0622 e. The molecule has 17 heteroatoms. The standard InChI is InChI=1S/2C18H15P.C12H18.C6Br6.2C5H6S.C5H5S.3C4H9.2ClH.Cu.HI.Pd.Sn/c2*1-4-10-16(11-5-1)19(17-12-6-2-7-13-17)18-14-8-3-9-15-18;1-7-8(2)10(4)12(6)11(5)9(7)3;7-1-2(8)4(10)6(12)5(11)3(1)9;3*1-5-3-2-4-6-5;3*1-3-4-2;;;;;;/h2*1-15H;1-6H3;;2*2-4H,1H3;2-3H,1H3;3*1,3-4H2,2H3;2*1H;;1H;;/q;;;;;;;;;;;;+1;;+2;/p-3. The van der Waals surface area contributed by atoms with E-state index in [1.807, 2.05) is 2.89 Å². The molecule has 0 aliphatic carbocycles. The van der Waals surface area contributed by atoms with E-state index in [1.54, 1.807) is 56.3 Å². The van der Waals surface area contributed by atoms with Gasteiger partial charge in [0.25, 0.3) is 0 Å². The second-order valence-electron chi connectivity index (χ2n) is 22.8. The zero-order valence-corrected chi connectivity index (χ0v) is 80.7. The van der Waals surface area contributed by atoms with Crippen molar-refractivity contribution in [2.45, 2.75) is 135 Å². The van der Waals surface area contributed by atoms with Gasteiger partial charge in [0.05, 0.1) is 0 Å². The molecule has 0 aliphatic heterocycles. The fourth-order valence-corrected chi connectivity index (χ4v) is 40.4. The van der Waals surface area contributed by atoms with Crippen LogP contribution in [-0.2, 0) is 28.7 Å². The number of benzene rings is 8. The zero-order chi connectivity index (χ0) is 72.4. The van der Waals surface area contributed by atoms with Gasteiger partial charge in [0.2, 0.25) is 0 Å². The first-order valence-corrected chi connectivity index (χ1v) is 56.9. The molecule has 0 saturated heterocycles. The predicted molar refractivity (Wildman–Crippen MR) is 475 cm³/mol. The molecular formula is C81H92Br6Cl2CuIP2PdS3Sn. The molecule has 0 unspecified atom stereocenters. The Labute approximate surface area is 695 Å². The van der Waals surface area contributed by atoms with E-state index in [2.05, 4.69) is 432 Å². The Balaban J connectivity index is 0.000000303. The number of rotatable bonds is 16. The van der Waals surface area contributed by atoms with E-state index < -0.39 is 34.2 Å². The van der Waals surface area contributed by atoms with Crippen LogP contribution < -0.4 is 34.7 Å². The SMILES string of the molecule is Brc1c(Br)c(Br)c(Br)c(Br)c1Br.CCC[CH2][Sn]([CH2]CCC)([CH2]CCC)[c]1ccc(C)s1.Cc1c(C)c(C)c(C)c(C)c1C.Cc1cccs1.Cc1cccs1.[Cl][Pd][Cl].[Cu][I].c1ccc(P(c2ccccc2)c2ccccc2)cc1.c1ccc(P(c2ccccc2)c2ccccc2)cc1. The first kappa shape index (κ1) is 92.1. The Hall–Kier alpha value is -0.109. The molecule has 0 aliphatic rings. The average Bonchev–Trinajstić information content (AvgIpc) is 1.41. The number of aryl methyl sites for hydroxylation is 3. The summed E-state index contributed by atoms with van der Waals surface area (Å²) in [5.41, 5.74) is 8.73. The molecule has 3 heterocycles. The summed E-state index contributed by atoms with van der Waals surface area (Å²) in [5.74, 6) is 0. The van der Waals surface area contributed by atoms with Gasteiger partial charge in [-0.05, 0) is 255 Å². The van der Waals surface area contributed by atoms with Gasteiger partial charge in [-0.2, -0.15) is 0 Å². The molecule has 0 radical (unpaired) electrons. The van der Waals surface area contributed by atoms with Crippen LogP contribution in [0.4, 0.5) is 0 Å². The Morgan fingerprint density at radius 1 is 0.337 bits per heavy atom. The number of halogens is 9. The molecule has 0 N–H and O–H groups in total. The average molecular weight is 2190 g/mol. The van der Waals surface area contributed by atoms with Gasteiger partial charge < -0.3 is 0 Å². The summed E-state index contributed by atoms with van der Waals surface area (Å²) in [6, 6.07) is 77.8. The van der Waals surface area contributed by atoms with Gasteiger partial charge in [-0.3, -0.25) is 0 Å². The molecule has 0 atom stereocenters. The maximum atomic E-state index is 4.81. The second-order valence-corrected chi connectivity index (χ2v) is 52.1. The summed E-state index contributed by atoms with van der Waals surface area (Å²) in [7, 11) is 8.74. The van der Waals surface area contributed by atoms with E-state index in [0.717, 1.165) is 26.8 Å². The van der Waals surface area contributed by atoms with Gasteiger partial charge >= 0.3 is 197 Å². The minimum Gasteiger partial charge on any atom is -0.0622 e. The van der Waals surface area contributed by atoms with Crippen LogP contribution in [0.15, 0.2) is 256 Å². The number of hydrogen-bond acceptors (Lipinski definition) is 3. The van der Waals surface area contributed by atoms with Crippen molar-refractivity contribution in [3.8, 4) is 0 Å². The quantitative estimate of drug-likeness (QED) is 0.0297. The van der Waals surface area contributed by atoms with Crippen LogP contribution in [0.3, 0.4) is 0 Å². The van der Waals surface area contributed by atoms with E-state index >= 15 is 0 Å². The van der Waals surface area contributed by atoms with Gasteiger partial charge in [0.1, 0.15) is 0 Å². The van der Waals surface area contributed by atoms with E-state index in [0.29, 0.717) is 0 Å². The van der Waals surface area contributed by atoms with Crippen molar-refractivity contribution in [2.24, 2.45) is 0 Å². The van der Waals surface area contributed by atoms with Crippen molar-refractivity contribution in [1.29, 1.82) is 0 Å². The Kier molecular flexibility index (Phi) is 50.4. The van der Waals surface area contributed by atoms with Crippen LogP contribution in [0.25, 0.3) is 0 Å². The van der Waals surface area contributed by atoms with Crippen molar-refractivity contribution >= 4 is 238 Å². The smallest absolute Gasteiger partial charge is 0.0134 e. The molecule has 8 aromatic carbocycles. The van der Waals surface area contributed by atoms with E-state index in [1.165, 1.54) is 118 Å². The summed E-state index contributed by atoms with van der Waals surface area (Å²) in [5, 5.41) is 12.5. The van der Waals surface area contributed by atoms with Crippen LogP contribution in [-0.4, -0.2) is 18.4 Å². The third-order valence-electron chi connectivity index (χ3n) is 16.2. The molecule has 3 aromatic heterocycles. The van der Waals surface area contributed by atoms with Crippen molar-refractivity contribution in [2.75, 3.05) is 0 Å². The topological polar surface area (TPSA) is 0 Å². The van der Waals surface area contributed by atoms with Crippen LogP contribution in [0, 0.1) is 62.3 Å². The second kappa shape index (κ2) is 53.6. The van der Waals surface area contributed by atoms with Crippen molar-refractivity contribution in [3.63, 3.8) is 0 Å². The summed E-state index contributed by atoms with van der Waals surface area (Å²) in [6.45, 7) is 26.8. The molecular weight excluding hydrogens is 2100 g/mol. The van der Waals surface area contributed by atoms with Gasteiger partial charge in [0, 0.05) is 36.6 Å². The molecule has 532 valence electrons. The third kappa shape index (κ3) is 32.1. The molecule has 0 amide bonds.